The number of rotatable bonds is 1. The molecule has 2 N–H and O–H groups in total. The quantitative estimate of drug-likeness (QED) is 0.704. The fourth-order valence-electron chi connectivity index (χ4n) is 2.38. The molecule has 1 heterocycles. The Hall–Kier alpha value is -0.340. The molecule has 0 amide bonds. The maximum atomic E-state index is 6.49. The summed E-state index contributed by atoms with van der Waals surface area (Å²) in [6, 6.07) is 2.20. The Morgan fingerprint density at radius 1 is 1.43 bits per heavy atom. The monoisotopic (exact) mass is 209 g/mol. The number of thiophene rings is 1. The summed E-state index contributed by atoms with van der Waals surface area (Å²) >= 11 is 1.76. The van der Waals surface area contributed by atoms with Crippen LogP contribution in [0, 0.1) is 5.92 Å². The van der Waals surface area contributed by atoms with Crippen LogP contribution in [0.3, 0.4) is 0 Å². The van der Waals surface area contributed by atoms with E-state index in [1.54, 1.807) is 11.3 Å². The molecule has 1 aromatic heterocycles. The summed E-state index contributed by atoms with van der Waals surface area (Å²) in [5.41, 5.74) is 7.83. The maximum absolute atomic E-state index is 6.49. The van der Waals surface area contributed by atoms with E-state index in [1.807, 2.05) is 0 Å². The Morgan fingerprint density at radius 2 is 2.29 bits per heavy atom. The SMILES string of the molecule is CC1CCCC(N)(c2ccsc2)CC1. The van der Waals surface area contributed by atoms with Crippen molar-refractivity contribution in [3.05, 3.63) is 22.4 Å². The van der Waals surface area contributed by atoms with E-state index in [9.17, 15) is 0 Å². The third-order valence-corrected chi connectivity index (χ3v) is 4.18. The molecule has 1 aliphatic rings. The van der Waals surface area contributed by atoms with Gasteiger partial charge in [-0.2, -0.15) is 11.3 Å². The minimum absolute atomic E-state index is 0.0231. The Morgan fingerprint density at radius 3 is 3.00 bits per heavy atom. The largest absolute Gasteiger partial charge is 0.321 e. The van der Waals surface area contributed by atoms with E-state index in [2.05, 4.69) is 23.8 Å². The van der Waals surface area contributed by atoms with Crippen LogP contribution in [-0.2, 0) is 5.54 Å². The zero-order valence-electron chi connectivity index (χ0n) is 8.83. The van der Waals surface area contributed by atoms with Crippen molar-refractivity contribution in [2.75, 3.05) is 0 Å². The molecule has 2 unspecified atom stereocenters. The minimum atomic E-state index is -0.0231. The Kier molecular flexibility index (Phi) is 2.93. The maximum Gasteiger partial charge on any atom is 0.0418 e. The number of hydrogen-bond donors (Lipinski definition) is 1. The molecule has 2 rings (SSSR count). The lowest BCUT2D eigenvalue weighted by Crippen LogP contribution is -2.35. The van der Waals surface area contributed by atoms with Crippen LogP contribution in [0.4, 0.5) is 0 Å². The van der Waals surface area contributed by atoms with E-state index in [0.29, 0.717) is 0 Å². The van der Waals surface area contributed by atoms with Gasteiger partial charge in [-0.1, -0.05) is 19.8 Å². The van der Waals surface area contributed by atoms with E-state index >= 15 is 0 Å². The molecule has 0 radical (unpaired) electrons. The van der Waals surface area contributed by atoms with Gasteiger partial charge in [-0.15, -0.1) is 0 Å². The van der Waals surface area contributed by atoms with Crippen molar-refractivity contribution in [2.24, 2.45) is 11.7 Å². The summed E-state index contributed by atoms with van der Waals surface area (Å²) in [4.78, 5) is 0. The molecule has 78 valence electrons. The molecule has 14 heavy (non-hydrogen) atoms. The van der Waals surface area contributed by atoms with E-state index in [-0.39, 0.29) is 5.54 Å². The van der Waals surface area contributed by atoms with Crippen molar-refractivity contribution in [3.8, 4) is 0 Å². The van der Waals surface area contributed by atoms with Gasteiger partial charge in [0.05, 0.1) is 0 Å². The van der Waals surface area contributed by atoms with Gasteiger partial charge < -0.3 is 5.73 Å². The third-order valence-electron chi connectivity index (χ3n) is 3.50. The summed E-state index contributed by atoms with van der Waals surface area (Å²) in [5, 5.41) is 4.36. The predicted molar refractivity (Wildman–Crippen MR) is 62.4 cm³/mol. The molecule has 2 heteroatoms. The molecule has 1 saturated carbocycles. The van der Waals surface area contributed by atoms with Crippen LogP contribution in [0.25, 0.3) is 0 Å². The molecule has 1 aliphatic carbocycles. The molecule has 1 fully saturated rings. The van der Waals surface area contributed by atoms with Gasteiger partial charge in [0.25, 0.3) is 0 Å². The van der Waals surface area contributed by atoms with Crippen molar-refractivity contribution in [1.29, 1.82) is 0 Å². The van der Waals surface area contributed by atoms with Gasteiger partial charge in [0.15, 0.2) is 0 Å². The third kappa shape index (κ3) is 2.01. The molecule has 0 bridgehead atoms. The fraction of sp³-hybridized carbons (Fsp3) is 0.667. The molecule has 0 saturated heterocycles. The zero-order chi connectivity index (χ0) is 10.0. The van der Waals surface area contributed by atoms with Crippen LogP contribution in [0.5, 0.6) is 0 Å². The first kappa shape index (κ1) is 10.2. The van der Waals surface area contributed by atoms with E-state index in [1.165, 1.54) is 24.8 Å². The lowest BCUT2D eigenvalue weighted by atomic mass is 9.85. The van der Waals surface area contributed by atoms with Crippen LogP contribution in [0.2, 0.25) is 0 Å². The molecule has 2 atom stereocenters. The highest BCUT2D eigenvalue weighted by Gasteiger charge is 2.29. The van der Waals surface area contributed by atoms with Crippen LogP contribution in [0.1, 0.15) is 44.6 Å². The second-order valence-corrected chi connectivity index (χ2v) is 5.48. The Bertz CT molecular complexity index is 281. The molecule has 1 aromatic rings. The molecule has 1 nitrogen and oxygen atoms in total. The summed E-state index contributed by atoms with van der Waals surface area (Å²) in [6.45, 7) is 2.35. The van der Waals surface area contributed by atoms with E-state index < -0.39 is 0 Å². The highest BCUT2D eigenvalue weighted by molar-refractivity contribution is 7.08. The van der Waals surface area contributed by atoms with Gasteiger partial charge in [-0.3, -0.25) is 0 Å². The topological polar surface area (TPSA) is 26.0 Å². The Balaban J connectivity index is 2.15. The number of hydrogen-bond acceptors (Lipinski definition) is 2. The van der Waals surface area contributed by atoms with Gasteiger partial charge in [0.1, 0.15) is 0 Å². The average molecular weight is 209 g/mol. The molecule has 0 aliphatic heterocycles. The van der Waals surface area contributed by atoms with Crippen LogP contribution in [-0.4, -0.2) is 0 Å². The second kappa shape index (κ2) is 4.03. The fourth-order valence-corrected chi connectivity index (χ4v) is 3.14. The van der Waals surface area contributed by atoms with Crippen LogP contribution < -0.4 is 5.73 Å². The molecule has 0 spiro atoms. The lowest BCUT2D eigenvalue weighted by Gasteiger charge is -2.27. The van der Waals surface area contributed by atoms with Crippen LogP contribution in [0.15, 0.2) is 16.8 Å². The van der Waals surface area contributed by atoms with Gasteiger partial charge in [-0.25, -0.2) is 0 Å². The standard InChI is InChI=1S/C12H19NS/c1-10-3-2-6-12(13,7-4-10)11-5-8-14-9-11/h5,8-10H,2-4,6-7,13H2,1H3. The zero-order valence-corrected chi connectivity index (χ0v) is 9.65. The van der Waals surface area contributed by atoms with E-state index in [0.717, 1.165) is 18.8 Å². The lowest BCUT2D eigenvalue weighted by molar-refractivity contribution is 0.379. The van der Waals surface area contributed by atoms with E-state index in [4.69, 9.17) is 5.73 Å². The Labute approximate surface area is 90.3 Å². The molecular formula is C12H19NS. The minimum Gasteiger partial charge on any atom is -0.321 e. The van der Waals surface area contributed by atoms with Gasteiger partial charge in [0, 0.05) is 5.54 Å². The van der Waals surface area contributed by atoms with Crippen molar-refractivity contribution in [2.45, 2.75) is 44.6 Å². The first-order valence-electron chi connectivity index (χ1n) is 5.52. The number of nitrogens with two attached hydrogens (primary N) is 1. The van der Waals surface area contributed by atoms with Crippen molar-refractivity contribution < 1.29 is 0 Å². The van der Waals surface area contributed by atoms with Gasteiger partial charge in [0.2, 0.25) is 0 Å². The summed E-state index contributed by atoms with van der Waals surface area (Å²) in [5.74, 6) is 0.860. The summed E-state index contributed by atoms with van der Waals surface area (Å²) in [6.07, 6.45) is 6.24. The van der Waals surface area contributed by atoms with Crippen molar-refractivity contribution >= 4 is 11.3 Å². The summed E-state index contributed by atoms with van der Waals surface area (Å²) < 4.78 is 0. The highest BCUT2D eigenvalue weighted by Crippen LogP contribution is 2.36. The van der Waals surface area contributed by atoms with Gasteiger partial charge in [-0.05, 0) is 47.6 Å². The molecular weight excluding hydrogens is 190 g/mol. The van der Waals surface area contributed by atoms with Crippen molar-refractivity contribution in [1.82, 2.24) is 0 Å². The normalized spacial score (nSPS) is 34.0. The predicted octanol–water partition coefficient (Wildman–Crippen LogP) is 3.50. The van der Waals surface area contributed by atoms with Crippen LogP contribution >= 0.6 is 11.3 Å². The van der Waals surface area contributed by atoms with Gasteiger partial charge >= 0.3 is 0 Å². The second-order valence-electron chi connectivity index (χ2n) is 4.70. The smallest absolute Gasteiger partial charge is 0.0418 e. The average Bonchev–Trinajstić information content (AvgIpc) is 2.63. The summed E-state index contributed by atoms with van der Waals surface area (Å²) in [7, 11) is 0. The first-order valence-corrected chi connectivity index (χ1v) is 6.46. The first-order chi connectivity index (χ1) is 6.71. The van der Waals surface area contributed by atoms with Crippen molar-refractivity contribution in [3.63, 3.8) is 0 Å². The highest BCUT2D eigenvalue weighted by atomic mass is 32.1. The molecule has 0 aromatic carbocycles.